The molecule has 0 fully saturated rings. The van der Waals surface area contributed by atoms with E-state index in [9.17, 15) is 18.0 Å². The Morgan fingerprint density at radius 2 is 1.49 bits per heavy atom. The standard InChI is InChI=1S/C28H30Cl3N3O4S/c1-19(2)32-28(36)25(16-20-10-5-4-6-11-20)33(17-21-12-7-8-13-22(21)29)26(35)18-34(39(3,37)38)24-15-9-14-23(30)27(24)31/h4-15,19,25H,16-18H2,1-3H3,(H,32,36)/t25-/m0/s1. The summed E-state index contributed by atoms with van der Waals surface area (Å²) < 4.78 is 26.6. The first kappa shape index (κ1) is 30.8. The summed E-state index contributed by atoms with van der Waals surface area (Å²) in [6.45, 7) is 3.01. The van der Waals surface area contributed by atoms with Crippen molar-refractivity contribution in [3.63, 3.8) is 0 Å². The van der Waals surface area contributed by atoms with Gasteiger partial charge in [0.1, 0.15) is 12.6 Å². The molecule has 39 heavy (non-hydrogen) atoms. The third-order valence-corrected chi connectivity index (χ3v) is 8.18. The number of amides is 2. The molecule has 3 rings (SSSR count). The molecular weight excluding hydrogens is 581 g/mol. The molecule has 0 aliphatic heterocycles. The summed E-state index contributed by atoms with van der Waals surface area (Å²) in [6, 6.07) is 19.6. The number of benzene rings is 3. The Labute approximate surface area is 244 Å². The normalized spacial score (nSPS) is 12.2. The second-order valence-corrected chi connectivity index (χ2v) is 12.4. The minimum atomic E-state index is -3.97. The third-order valence-electron chi connectivity index (χ3n) is 5.88. The van der Waals surface area contributed by atoms with Crippen LogP contribution in [-0.4, -0.2) is 50.0 Å². The molecule has 3 aromatic rings. The van der Waals surface area contributed by atoms with Crippen molar-refractivity contribution in [3.8, 4) is 0 Å². The molecule has 0 aromatic heterocycles. The van der Waals surface area contributed by atoms with Gasteiger partial charge in [-0.15, -0.1) is 0 Å². The van der Waals surface area contributed by atoms with Crippen molar-refractivity contribution < 1.29 is 18.0 Å². The van der Waals surface area contributed by atoms with E-state index < -0.39 is 28.5 Å². The second kappa shape index (κ2) is 13.5. The molecular formula is C28H30Cl3N3O4S. The SMILES string of the molecule is CC(C)NC(=O)[C@H](Cc1ccccc1)N(Cc1ccccc1Cl)C(=O)CN(c1cccc(Cl)c1Cl)S(C)(=O)=O. The number of hydrogen-bond donors (Lipinski definition) is 1. The molecule has 0 heterocycles. The molecule has 1 atom stereocenters. The van der Waals surface area contributed by atoms with Crippen LogP contribution in [0.1, 0.15) is 25.0 Å². The van der Waals surface area contributed by atoms with Gasteiger partial charge in [0.2, 0.25) is 21.8 Å². The fraction of sp³-hybridized carbons (Fsp3) is 0.286. The highest BCUT2D eigenvalue weighted by Gasteiger charge is 2.34. The van der Waals surface area contributed by atoms with Crippen LogP contribution in [0.3, 0.4) is 0 Å². The molecule has 0 bridgehead atoms. The van der Waals surface area contributed by atoms with E-state index in [1.54, 1.807) is 30.3 Å². The summed E-state index contributed by atoms with van der Waals surface area (Å²) >= 11 is 18.9. The van der Waals surface area contributed by atoms with Crippen LogP contribution in [-0.2, 0) is 32.6 Å². The number of hydrogen-bond acceptors (Lipinski definition) is 4. The topological polar surface area (TPSA) is 86.8 Å². The van der Waals surface area contributed by atoms with Gasteiger partial charge in [-0.2, -0.15) is 0 Å². The zero-order valence-corrected chi connectivity index (χ0v) is 24.9. The maximum atomic E-state index is 14.0. The summed E-state index contributed by atoms with van der Waals surface area (Å²) in [5, 5.41) is 3.44. The maximum Gasteiger partial charge on any atom is 0.244 e. The predicted octanol–water partition coefficient (Wildman–Crippen LogP) is 5.58. The van der Waals surface area contributed by atoms with Crippen molar-refractivity contribution in [2.45, 2.75) is 38.9 Å². The summed E-state index contributed by atoms with van der Waals surface area (Å²) in [5.74, 6) is -0.989. The van der Waals surface area contributed by atoms with E-state index in [1.165, 1.54) is 17.0 Å². The van der Waals surface area contributed by atoms with Gasteiger partial charge in [-0.1, -0.05) is 89.4 Å². The van der Waals surface area contributed by atoms with E-state index in [-0.39, 0.29) is 40.6 Å². The molecule has 0 aliphatic rings. The van der Waals surface area contributed by atoms with E-state index in [1.807, 2.05) is 44.2 Å². The molecule has 7 nitrogen and oxygen atoms in total. The van der Waals surface area contributed by atoms with Crippen molar-refractivity contribution in [2.75, 3.05) is 17.1 Å². The maximum absolute atomic E-state index is 14.0. The predicted molar refractivity (Wildman–Crippen MR) is 158 cm³/mol. The van der Waals surface area contributed by atoms with Crippen molar-refractivity contribution in [1.29, 1.82) is 0 Å². The number of halogens is 3. The lowest BCUT2D eigenvalue weighted by Gasteiger charge is -2.34. The number of nitrogens with zero attached hydrogens (tertiary/aromatic N) is 2. The van der Waals surface area contributed by atoms with Crippen molar-refractivity contribution in [3.05, 3.63) is 99.0 Å². The van der Waals surface area contributed by atoms with Gasteiger partial charge in [-0.05, 0) is 43.2 Å². The number of anilines is 1. The molecule has 0 saturated heterocycles. The smallest absolute Gasteiger partial charge is 0.244 e. The minimum absolute atomic E-state index is 0.00608. The first-order chi connectivity index (χ1) is 18.4. The van der Waals surface area contributed by atoms with Gasteiger partial charge >= 0.3 is 0 Å². The molecule has 0 spiro atoms. The molecule has 0 aliphatic carbocycles. The van der Waals surface area contributed by atoms with Crippen LogP contribution in [0.2, 0.25) is 15.1 Å². The van der Waals surface area contributed by atoms with Crippen LogP contribution in [0.4, 0.5) is 5.69 Å². The lowest BCUT2D eigenvalue weighted by atomic mass is 10.0. The number of nitrogens with one attached hydrogen (secondary N) is 1. The summed E-state index contributed by atoms with van der Waals surface area (Å²) in [4.78, 5) is 28.9. The minimum Gasteiger partial charge on any atom is -0.352 e. The van der Waals surface area contributed by atoms with Crippen molar-refractivity contribution >= 4 is 62.3 Å². The Morgan fingerprint density at radius 3 is 2.10 bits per heavy atom. The van der Waals surface area contributed by atoms with Crippen LogP contribution in [0.25, 0.3) is 0 Å². The highest BCUT2D eigenvalue weighted by atomic mass is 35.5. The molecule has 208 valence electrons. The van der Waals surface area contributed by atoms with Gasteiger partial charge in [0.25, 0.3) is 0 Å². The Bertz CT molecular complexity index is 1420. The number of rotatable bonds is 11. The van der Waals surface area contributed by atoms with Gasteiger partial charge in [0.05, 0.1) is 22.0 Å². The van der Waals surface area contributed by atoms with Crippen LogP contribution in [0.15, 0.2) is 72.8 Å². The van der Waals surface area contributed by atoms with Gasteiger partial charge in [-0.3, -0.25) is 13.9 Å². The molecule has 3 aromatic carbocycles. The molecule has 11 heteroatoms. The number of sulfonamides is 1. The molecule has 0 radical (unpaired) electrons. The third kappa shape index (κ3) is 8.35. The van der Waals surface area contributed by atoms with E-state index in [0.717, 1.165) is 16.1 Å². The van der Waals surface area contributed by atoms with Gasteiger partial charge < -0.3 is 10.2 Å². The number of carbonyl (C=O) groups excluding carboxylic acids is 2. The highest BCUT2D eigenvalue weighted by Crippen LogP contribution is 2.34. The van der Waals surface area contributed by atoms with Crippen LogP contribution in [0, 0.1) is 0 Å². The zero-order chi connectivity index (χ0) is 28.7. The fourth-order valence-electron chi connectivity index (χ4n) is 4.02. The average molecular weight is 611 g/mol. The lowest BCUT2D eigenvalue weighted by Crippen LogP contribution is -2.54. The summed E-state index contributed by atoms with van der Waals surface area (Å²) in [7, 11) is -3.97. The van der Waals surface area contributed by atoms with Crippen LogP contribution in [0.5, 0.6) is 0 Å². The van der Waals surface area contributed by atoms with Crippen molar-refractivity contribution in [1.82, 2.24) is 10.2 Å². The van der Waals surface area contributed by atoms with Crippen molar-refractivity contribution in [2.24, 2.45) is 0 Å². The quantitative estimate of drug-likeness (QED) is 0.307. The summed E-state index contributed by atoms with van der Waals surface area (Å²) in [6.07, 6.45) is 1.18. The first-order valence-electron chi connectivity index (χ1n) is 12.2. The van der Waals surface area contributed by atoms with E-state index in [4.69, 9.17) is 34.8 Å². The summed E-state index contributed by atoms with van der Waals surface area (Å²) in [5.41, 5.74) is 1.50. The molecule has 1 N–H and O–H groups in total. The van der Waals surface area contributed by atoms with Gasteiger partial charge in [0, 0.05) is 24.0 Å². The largest absolute Gasteiger partial charge is 0.352 e. The van der Waals surface area contributed by atoms with Gasteiger partial charge in [-0.25, -0.2) is 8.42 Å². The number of carbonyl (C=O) groups is 2. The Kier molecular flexibility index (Phi) is 10.7. The van der Waals surface area contributed by atoms with Gasteiger partial charge in [0.15, 0.2) is 0 Å². The Balaban J connectivity index is 2.09. The van der Waals surface area contributed by atoms with E-state index >= 15 is 0 Å². The van der Waals surface area contributed by atoms with E-state index in [2.05, 4.69) is 5.32 Å². The average Bonchev–Trinajstić information content (AvgIpc) is 2.87. The van der Waals surface area contributed by atoms with Crippen LogP contribution >= 0.6 is 34.8 Å². The molecule has 0 unspecified atom stereocenters. The monoisotopic (exact) mass is 609 g/mol. The fourth-order valence-corrected chi connectivity index (χ4v) is 5.52. The first-order valence-corrected chi connectivity index (χ1v) is 15.2. The molecule has 2 amide bonds. The lowest BCUT2D eigenvalue weighted by molar-refractivity contribution is -0.140. The molecule has 0 saturated carbocycles. The van der Waals surface area contributed by atoms with E-state index in [0.29, 0.717) is 10.6 Å². The second-order valence-electron chi connectivity index (χ2n) is 9.32. The Hall–Kier alpha value is -2.78. The Morgan fingerprint density at radius 1 is 0.872 bits per heavy atom. The van der Waals surface area contributed by atoms with Crippen LogP contribution < -0.4 is 9.62 Å². The zero-order valence-electron chi connectivity index (χ0n) is 21.8. The highest BCUT2D eigenvalue weighted by molar-refractivity contribution is 7.92.